The number of aromatic nitrogens is 2. The second-order valence-electron chi connectivity index (χ2n) is 6.82. The van der Waals surface area contributed by atoms with Crippen molar-refractivity contribution >= 4 is 5.96 Å². The summed E-state index contributed by atoms with van der Waals surface area (Å²) in [6.45, 7) is 1.66. The number of guanidine groups is 1. The van der Waals surface area contributed by atoms with E-state index in [1.165, 1.54) is 25.7 Å². The van der Waals surface area contributed by atoms with Crippen molar-refractivity contribution in [2.45, 2.75) is 44.4 Å². The molecule has 2 N–H and O–H groups in total. The largest absolute Gasteiger partial charge is 0.377 e. The first-order chi connectivity index (χ1) is 10.7. The molecule has 1 aromatic rings. The van der Waals surface area contributed by atoms with Crippen LogP contribution in [0, 0.1) is 11.3 Å². The third-order valence-corrected chi connectivity index (χ3v) is 5.91. The molecule has 1 spiro atoms. The number of hydrogen-bond donors (Lipinski definition) is 2. The molecular formula is C16H25N5O. The predicted molar refractivity (Wildman–Crippen MR) is 84.5 cm³/mol. The van der Waals surface area contributed by atoms with E-state index < -0.39 is 0 Å². The summed E-state index contributed by atoms with van der Waals surface area (Å²) in [5.41, 5.74) is 1.53. The lowest BCUT2D eigenvalue weighted by Gasteiger charge is -2.63. The summed E-state index contributed by atoms with van der Waals surface area (Å²) in [6.07, 6.45) is 7.43. The molecule has 22 heavy (non-hydrogen) atoms. The van der Waals surface area contributed by atoms with Gasteiger partial charge in [0, 0.05) is 44.3 Å². The van der Waals surface area contributed by atoms with E-state index in [1.807, 2.05) is 31.0 Å². The third-order valence-electron chi connectivity index (χ3n) is 5.91. The van der Waals surface area contributed by atoms with E-state index in [0.717, 1.165) is 24.8 Å². The highest BCUT2D eigenvalue weighted by Gasteiger charge is 2.66. The normalized spacial score (nSPS) is 32.3. The molecule has 1 aliphatic heterocycles. The molecule has 0 amide bonds. The first-order valence-electron chi connectivity index (χ1n) is 8.30. The van der Waals surface area contributed by atoms with E-state index in [4.69, 9.17) is 4.74 Å². The Morgan fingerprint density at radius 1 is 1.55 bits per heavy atom. The van der Waals surface area contributed by atoms with Crippen molar-refractivity contribution in [2.75, 3.05) is 13.7 Å². The standard InChI is InChI=1S/C16H25N5O/c1-17-15(18-10-11-4-8-19-21(11)2)20-13-12-5-9-22-14(12)16(13)6-3-7-16/h4,8,12-14H,3,5-7,9-10H2,1-2H3,(H2,17,18,20). The van der Waals surface area contributed by atoms with E-state index in [2.05, 4.69) is 20.7 Å². The van der Waals surface area contributed by atoms with Gasteiger partial charge in [-0.3, -0.25) is 9.67 Å². The van der Waals surface area contributed by atoms with Gasteiger partial charge >= 0.3 is 0 Å². The van der Waals surface area contributed by atoms with Crippen LogP contribution < -0.4 is 10.6 Å². The lowest BCUT2D eigenvalue weighted by molar-refractivity contribution is -0.171. The molecule has 2 aliphatic carbocycles. The van der Waals surface area contributed by atoms with Crippen LogP contribution in [0.15, 0.2) is 17.3 Å². The van der Waals surface area contributed by atoms with Gasteiger partial charge in [-0.2, -0.15) is 5.10 Å². The molecule has 2 saturated carbocycles. The van der Waals surface area contributed by atoms with Crippen LogP contribution in [-0.2, 0) is 18.3 Å². The topological polar surface area (TPSA) is 63.5 Å². The van der Waals surface area contributed by atoms with Crippen molar-refractivity contribution in [1.82, 2.24) is 20.4 Å². The molecule has 1 saturated heterocycles. The van der Waals surface area contributed by atoms with Gasteiger partial charge in [0.2, 0.25) is 0 Å². The molecule has 0 aromatic carbocycles. The Labute approximate surface area is 131 Å². The lowest BCUT2D eigenvalue weighted by atomic mass is 9.46. The summed E-state index contributed by atoms with van der Waals surface area (Å²) < 4.78 is 7.86. The van der Waals surface area contributed by atoms with Gasteiger partial charge in [-0.1, -0.05) is 6.42 Å². The SMILES string of the molecule is CN=C(NCc1ccnn1C)NC1C2CCOC2C12CCC2. The van der Waals surface area contributed by atoms with E-state index in [9.17, 15) is 0 Å². The first-order valence-corrected chi connectivity index (χ1v) is 8.30. The van der Waals surface area contributed by atoms with Crippen molar-refractivity contribution < 1.29 is 4.74 Å². The Balaban J connectivity index is 1.40. The van der Waals surface area contributed by atoms with Gasteiger partial charge in [0.05, 0.1) is 18.3 Å². The van der Waals surface area contributed by atoms with Crippen LogP contribution in [0.4, 0.5) is 0 Å². The van der Waals surface area contributed by atoms with Gasteiger partial charge in [-0.25, -0.2) is 0 Å². The van der Waals surface area contributed by atoms with Crippen LogP contribution in [0.3, 0.4) is 0 Å². The Bertz CT molecular complexity index is 577. The van der Waals surface area contributed by atoms with Gasteiger partial charge in [0.15, 0.2) is 5.96 Å². The van der Waals surface area contributed by atoms with E-state index in [-0.39, 0.29) is 0 Å². The second-order valence-corrected chi connectivity index (χ2v) is 6.82. The minimum atomic E-state index is 0.380. The number of nitrogens with one attached hydrogen (secondary N) is 2. The highest BCUT2D eigenvalue weighted by atomic mass is 16.5. The fourth-order valence-corrected chi connectivity index (χ4v) is 4.55. The predicted octanol–water partition coefficient (Wildman–Crippen LogP) is 1.04. The molecular weight excluding hydrogens is 278 g/mol. The number of nitrogens with zero attached hydrogens (tertiary/aromatic N) is 3. The Morgan fingerprint density at radius 3 is 3.05 bits per heavy atom. The number of hydrogen-bond acceptors (Lipinski definition) is 3. The Hall–Kier alpha value is -1.56. The number of fused-ring (bicyclic) bond motifs is 2. The summed E-state index contributed by atoms with van der Waals surface area (Å²) in [5, 5.41) is 11.3. The molecule has 3 aliphatic rings. The van der Waals surface area contributed by atoms with Crippen molar-refractivity contribution in [1.29, 1.82) is 0 Å². The van der Waals surface area contributed by atoms with Crippen LogP contribution >= 0.6 is 0 Å². The van der Waals surface area contributed by atoms with Gasteiger partial charge in [-0.15, -0.1) is 0 Å². The monoisotopic (exact) mass is 303 g/mol. The fourth-order valence-electron chi connectivity index (χ4n) is 4.55. The molecule has 4 rings (SSSR count). The molecule has 3 fully saturated rings. The van der Waals surface area contributed by atoms with Crippen molar-refractivity contribution in [3.05, 3.63) is 18.0 Å². The molecule has 1 aromatic heterocycles. The first kappa shape index (κ1) is 14.1. The van der Waals surface area contributed by atoms with Gasteiger partial charge in [0.1, 0.15) is 0 Å². The summed E-state index contributed by atoms with van der Waals surface area (Å²) in [7, 11) is 3.80. The van der Waals surface area contributed by atoms with Crippen molar-refractivity contribution in [3.8, 4) is 0 Å². The summed E-state index contributed by atoms with van der Waals surface area (Å²) >= 11 is 0. The molecule has 6 nitrogen and oxygen atoms in total. The Kier molecular flexibility index (Phi) is 3.36. The van der Waals surface area contributed by atoms with E-state index in [0.29, 0.717) is 23.5 Å². The average Bonchev–Trinajstić information content (AvgIpc) is 3.05. The zero-order valence-corrected chi connectivity index (χ0v) is 13.4. The highest BCUT2D eigenvalue weighted by molar-refractivity contribution is 5.80. The number of aryl methyl sites for hydroxylation is 1. The minimum absolute atomic E-state index is 0.380. The van der Waals surface area contributed by atoms with Crippen LogP contribution in [0.2, 0.25) is 0 Å². The molecule has 6 heteroatoms. The molecule has 120 valence electrons. The summed E-state index contributed by atoms with van der Waals surface area (Å²) in [4.78, 5) is 4.40. The Morgan fingerprint density at radius 2 is 2.41 bits per heavy atom. The fraction of sp³-hybridized carbons (Fsp3) is 0.750. The molecule has 3 unspecified atom stereocenters. The number of aliphatic imine (C=N–C) groups is 1. The zero-order chi connectivity index (χ0) is 15.2. The molecule has 0 radical (unpaired) electrons. The maximum atomic E-state index is 5.98. The van der Waals surface area contributed by atoms with Crippen LogP contribution in [0.1, 0.15) is 31.4 Å². The van der Waals surface area contributed by atoms with E-state index in [1.54, 1.807) is 0 Å². The second kappa shape index (κ2) is 5.26. The highest BCUT2D eigenvalue weighted by Crippen LogP contribution is 2.62. The third kappa shape index (κ3) is 1.96. The zero-order valence-electron chi connectivity index (χ0n) is 13.4. The number of ether oxygens (including phenoxy) is 1. The van der Waals surface area contributed by atoms with Gasteiger partial charge < -0.3 is 15.4 Å². The summed E-state index contributed by atoms with van der Waals surface area (Å²) in [6, 6.07) is 2.55. The smallest absolute Gasteiger partial charge is 0.191 e. The molecule has 0 bridgehead atoms. The van der Waals surface area contributed by atoms with E-state index >= 15 is 0 Å². The van der Waals surface area contributed by atoms with Gasteiger partial charge in [-0.05, 0) is 25.3 Å². The van der Waals surface area contributed by atoms with Crippen molar-refractivity contribution in [3.63, 3.8) is 0 Å². The van der Waals surface area contributed by atoms with Crippen LogP contribution in [0.5, 0.6) is 0 Å². The lowest BCUT2D eigenvalue weighted by Crippen LogP contribution is -2.72. The average molecular weight is 303 g/mol. The molecule has 3 atom stereocenters. The van der Waals surface area contributed by atoms with Crippen molar-refractivity contribution in [2.24, 2.45) is 23.4 Å². The maximum Gasteiger partial charge on any atom is 0.191 e. The van der Waals surface area contributed by atoms with Gasteiger partial charge in [0.25, 0.3) is 0 Å². The van der Waals surface area contributed by atoms with Crippen LogP contribution in [0.25, 0.3) is 0 Å². The number of rotatable bonds is 3. The minimum Gasteiger partial charge on any atom is -0.377 e. The maximum absolute atomic E-state index is 5.98. The molecule has 2 heterocycles. The summed E-state index contributed by atoms with van der Waals surface area (Å²) in [5.74, 6) is 1.55. The van der Waals surface area contributed by atoms with Crippen LogP contribution in [-0.4, -0.2) is 41.5 Å². The quantitative estimate of drug-likeness (QED) is 0.647.